The maximum Gasteiger partial charge on any atom is 0.218 e. The molecular weight excluding hydrogens is 130 g/mol. The van der Waals surface area contributed by atoms with Crippen LogP contribution < -0.4 is 5.73 Å². The topological polar surface area (TPSA) is 63.3 Å². The van der Waals surface area contributed by atoms with Gasteiger partial charge in [0.15, 0.2) is 0 Å². The largest absolute Gasteiger partial charge is 0.395 e. The van der Waals surface area contributed by atoms with E-state index in [1.165, 1.54) is 0 Å². The molecule has 0 rings (SSSR count). The molecule has 0 fully saturated rings. The highest BCUT2D eigenvalue weighted by molar-refractivity contribution is 6.21. The molecule has 0 spiro atoms. The molecule has 0 aliphatic carbocycles. The summed E-state index contributed by atoms with van der Waals surface area (Å²) in [6.45, 7) is -0.204. The molecular formula is C4H8ClNO2. The normalized spacial score (nSPS) is 13.2. The first-order chi connectivity index (χ1) is 3.66. The van der Waals surface area contributed by atoms with Gasteiger partial charge < -0.3 is 10.8 Å². The Labute approximate surface area is 52.4 Å². The van der Waals surface area contributed by atoms with E-state index in [2.05, 4.69) is 0 Å². The van der Waals surface area contributed by atoms with Gasteiger partial charge in [0.1, 0.15) is 0 Å². The number of aliphatic hydroxyl groups excluding tert-OH is 1. The summed E-state index contributed by atoms with van der Waals surface area (Å²) in [6.07, 6.45) is 0.0397. The molecule has 4 heteroatoms. The van der Waals surface area contributed by atoms with E-state index < -0.39 is 11.3 Å². The fraction of sp³-hybridized carbons (Fsp3) is 0.750. The minimum atomic E-state index is -0.521. The Morgan fingerprint density at radius 1 is 1.88 bits per heavy atom. The minimum absolute atomic E-state index is 0.0397. The number of carbonyl (C=O) groups is 1. The number of carbonyl (C=O) groups excluding carboxylic acids is 1. The smallest absolute Gasteiger partial charge is 0.218 e. The van der Waals surface area contributed by atoms with Gasteiger partial charge in [0.2, 0.25) is 5.91 Å². The number of primary amides is 1. The van der Waals surface area contributed by atoms with Gasteiger partial charge in [0.25, 0.3) is 0 Å². The van der Waals surface area contributed by atoms with Crippen molar-refractivity contribution in [2.45, 2.75) is 11.8 Å². The van der Waals surface area contributed by atoms with Crippen LogP contribution in [0.15, 0.2) is 0 Å². The lowest BCUT2D eigenvalue weighted by molar-refractivity contribution is -0.118. The van der Waals surface area contributed by atoms with E-state index in [0.29, 0.717) is 0 Å². The van der Waals surface area contributed by atoms with Gasteiger partial charge in [-0.2, -0.15) is 0 Å². The lowest BCUT2D eigenvalue weighted by atomic mass is 10.3. The molecule has 0 radical (unpaired) electrons. The zero-order valence-electron chi connectivity index (χ0n) is 4.30. The summed E-state index contributed by atoms with van der Waals surface area (Å²) >= 11 is 5.31. The standard InChI is InChI=1S/C4H8ClNO2/c5-3(2-7)1-4(6)8/h3,7H,1-2H2,(H2,6,8)/t3-/m1/s1. The second-order valence-corrected chi connectivity index (χ2v) is 2.07. The van der Waals surface area contributed by atoms with Crippen molar-refractivity contribution in [3.63, 3.8) is 0 Å². The van der Waals surface area contributed by atoms with Crippen molar-refractivity contribution in [3.8, 4) is 0 Å². The molecule has 0 aromatic heterocycles. The van der Waals surface area contributed by atoms with Gasteiger partial charge in [-0.05, 0) is 0 Å². The van der Waals surface area contributed by atoms with Gasteiger partial charge in [0, 0.05) is 6.42 Å². The second-order valence-electron chi connectivity index (χ2n) is 1.45. The van der Waals surface area contributed by atoms with Crippen LogP contribution in [0.4, 0.5) is 0 Å². The number of hydrogen-bond donors (Lipinski definition) is 2. The molecule has 0 aliphatic rings. The van der Waals surface area contributed by atoms with Crippen molar-refractivity contribution >= 4 is 17.5 Å². The molecule has 0 aliphatic heterocycles. The number of aliphatic hydroxyl groups is 1. The first-order valence-electron chi connectivity index (χ1n) is 2.20. The molecule has 0 saturated carbocycles. The predicted octanol–water partition coefficient (Wildman–Crippen LogP) is -0.539. The highest BCUT2D eigenvalue weighted by Crippen LogP contribution is 1.97. The summed E-state index contributed by atoms with van der Waals surface area (Å²) in [5, 5.41) is 7.72. The van der Waals surface area contributed by atoms with Crippen molar-refractivity contribution in [2.75, 3.05) is 6.61 Å². The van der Waals surface area contributed by atoms with E-state index in [1.54, 1.807) is 0 Å². The lowest BCUT2D eigenvalue weighted by Crippen LogP contribution is -2.18. The summed E-state index contributed by atoms with van der Waals surface area (Å²) in [7, 11) is 0. The predicted molar refractivity (Wildman–Crippen MR) is 30.5 cm³/mol. The molecule has 8 heavy (non-hydrogen) atoms. The van der Waals surface area contributed by atoms with Crippen LogP contribution in [0.1, 0.15) is 6.42 Å². The Morgan fingerprint density at radius 2 is 2.38 bits per heavy atom. The molecule has 48 valence electrons. The van der Waals surface area contributed by atoms with Crippen LogP contribution in [-0.2, 0) is 4.79 Å². The number of hydrogen-bond acceptors (Lipinski definition) is 2. The maximum absolute atomic E-state index is 10.00. The number of alkyl halides is 1. The third kappa shape index (κ3) is 3.89. The summed E-state index contributed by atoms with van der Waals surface area (Å²) in [5.41, 5.74) is 4.73. The third-order valence-electron chi connectivity index (χ3n) is 0.621. The van der Waals surface area contributed by atoms with Crippen molar-refractivity contribution in [3.05, 3.63) is 0 Å². The first-order valence-corrected chi connectivity index (χ1v) is 2.63. The van der Waals surface area contributed by atoms with E-state index in [4.69, 9.17) is 22.4 Å². The van der Waals surface area contributed by atoms with Gasteiger partial charge in [-0.15, -0.1) is 11.6 Å². The Bertz CT molecular complexity index is 86.1. The molecule has 0 heterocycles. The van der Waals surface area contributed by atoms with Crippen LogP contribution in [0.2, 0.25) is 0 Å². The van der Waals surface area contributed by atoms with E-state index in [-0.39, 0.29) is 13.0 Å². The van der Waals surface area contributed by atoms with Gasteiger partial charge in [-0.1, -0.05) is 0 Å². The summed E-state index contributed by atoms with van der Waals surface area (Å²) in [4.78, 5) is 10.00. The van der Waals surface area contributed by atoms with Crippen LogP contribution in [0.5, 0.6) is 0 Å². The molecule has 3 N–H and O–H groups in total. The summed E-state index contributed by atoms with van der Waals surface area (Å²) in [5.74, 6) is -0.487. The highest BCUT2D eigenvalue weighted by atomic mass is 35.5. The summed E-state index contributed by atoms with van der Waals surface area (Å²) < 4.78 is 0. The fourth-order valence-electron chi connectivity index (χ4n) is 0.283. The van der Waals surface area contributed by atoms with Crippen LogP contribution in [0.25, 0.3) is 0 Å². The Balaban J connectivity index is 3.24. The van der Waals surface area contributed by atoms with Crippen LogP contribution >= 0.6 is 11.6 Å². The van der Waals surface area contributed by atoms with Crippen molar-refractivity contribution in [1.82, 2.24) is 0 Å². The van der Waals surface area contributed by atoms with Crippen LogP contribution in [0.3, 0.4) is 0 Å². The number of amides is 1. The van der Waals surface area contributed by atoms with Crippen molar-refractivity contribution < 1.29 is 9.90 Å². The van der Waals surface area contributed by atoms with Gasteiger partial charge in [-0.3, -0.25) is 4.79 Å². The van der Waals surface area contributed by atoms with E-state index >= 15 is 0 Å². The number of halogens is 1. The lowest BCUT2D eigenvalue weighted by Gasteiger charge is -1.98. The summed E-state index contributed by atoms with van der Waals surface area (Å²) in [6, 6.07) is 0. The van der Waals surface area contributed by atoms with Crippen LogP contribution in [0, 0.1) is 0 Å². The second kappa shape index (κ2) is 3.69. The highest BCUT2D eigenvalue weighted by Gasteiger charge is 2.04. The quantitative estimate of drug-likeness (QED) is 0.514. The molecule has 0 bridgehead atoms. The molecule has 1 atom stereocenters. The Kier molecular flexibility index (Phi) is 3.56. The molecule has 3 nitrogen and oxygen atoms in total. The number of rotatable bonds is 3. The SMILES string of the molecule is NC(=O)C[C@@H](Cl)CO. The van der Waals surface area contributed by atoms with E-state index in [0.717, 1.165) is 0 Å². The maximum atomic E-state index is 10.00. The fourth-order valence-corrected chi connectivity index (χ4v) is 0.435. The number of nitrogens with two attached hydrogens (primary N) is 1. The van der Waals surface area contributed by atoms with Crippen molar-refractivity contribution in [2.24, 2.45) is 5.73 Å². The molecule has 1 amide bonds. The zero-order chi connectivity index (χ0) is 6.57. The first kappa shape index (κ1) is 7.72. The van der Waals surface area contributed by atoms with Gasteiger partial charge >= 0.3 is 0 Å². The zero-order valence-corrected chi connectivity index (χ0v) is 5.06. The average molecular weight is 138 g/mol. The average Bonchev–Trinajstić information content (AvgIpc) is 1.65. The molecule has 0 saturated heterocycles. The van der Waals surface area contributed by atoms with Gasteiger partial charge in [-0.25, -0.2) is 0 Å². The van der Waals surface area contributed by atoms with E-state index in [9.17, 15) is 4.79 Å². The van der Waals surface area contributed by atoms with E-state index in [1.807, 2.05) is 0 Å². The Hall–Kier alpha value is -0.280. The minimum Gasteiger partial charge on any atom is -0.395 e. The molecule has 0 unspecified atom stereocenters. The molecule has 0 aromatic rings. The monoisotopic (exact) mass is 137 g/mol. The van der Waals surface area contributed by atoms with Gasteiger partial charge in [0.05, 0.1) is 12.0 Å². The van der Waals surface area contributed by atoms with Crippen molar-refractivity contribution in [1.29, 1.82) is 0 Å². The Morgan fingerprint density at radius 3 is 2.50 bits per heavy atom. The third-order valence-corrected chi connectivity index (χ3v) is 0.913. The molecule has 0 aromatic carbocycles. The van der Waals surface area contributed by atoms with Crippen LogP contribution in [-0.4, -0.2) is 23.0 Å².